The molecule has 4 rings (SSSR count). The molecule has 2 heterocycles. The highest BCUT2D eigenvalue weighted by molar-refractivity contribution is 5.90. The van der Waals surface area contributed by atoms with Crippen molar-refractivity contribution >= 4 is 16.7 Å². The molecule has 0 fully saturated rings. The number of nitrogens with zero attached hydrogens (tertiary/aromatic N) is 3. The zero-order valence-corrected chi connectivity index (χ0v) is 13.6. The first-order valence-electron chi connectivity index (χ1n) is 8.12. The Hall–Kier alpha value is -2.84. The molecule has 0 bridgehead atoms. The number of fused-ring (bicyclic) bond motifs is 2. The van der Waals surface area contributed by atoms with Crippen LogP contribution in [0, 0.1) is 11.3 Å². The minimum absolute atomic E-state index is 0.0999. The van der Waals surface area contributed by atoms with E-state index in [-0.39, 0.29) is 6.04 Å². The first-order chi connectivity index (χ1) is 11.6. The molecular weight excluding hydrogens is 298 g/mol. The smallest absolute Gasteiger partial charge is 0.142 e. The van der Waals surface area contributed by atoms with Crippen LogP contribution in [-0.2, 0) is 19.9 Å². The van der Waals surface area contributed by atoms with Gasteiger partial charge in [0.25, 0.3) is 0 Å². The van der Waals surface area contributed by atoms with E-state index in [4.69, 9.17) is 11.5 Å². The van der Waals surface area contributed by atoms with E-state index in [9.17, 15) is 5.26 Å². The van der Waals surface area contributed by atoms with E-state index in [0.29, 0.717) is 11.4 Å². The fourth-order valence-electron chi connectivity index (χ4n) is 3.73. The summed E-state index contributed by atoms with van der Waals surface area (Å²) in [5.41, 5.74) is 17.8. The molecule has 1 aliphatic carbocycles. The Labute approximate surface area is 140 Å². The number of benzene rings is 1. The molecule has 1 unspecified atom stereocenters. The van der Waals surface area contributed by atoms with Gasteiger partial charge in [0.1, 0.15) is 17.5 Å². The molecule has 5 heteroatoms. The van der Waals surface area contributed by atoms with E-state index in [1.165, 1.54) is 0 Å². The maximum absolute atomic E-state index is 9.68. The van der Waals surface area contributed by atoms with Crippen molar-refractivity contribution in [2.45, 2.75) is 25.3 Å². The van der Waals surface area contributed by atoms with Crippen LogP contribution >= 0.6 is 0 Å². The predicted molar refractivity (Wildman–Crippen MR) is 95.3 cm³/mol. The van der Waals surface area contributed by atoms with Gasteiger partial charge < -0.3 is 16.0 Å². The predicted octanol–water partition coefficient (Wildman–Crippen LogP) is 2.51. The minimum Gasteiger partial charge on any atom is -0.383 e. The third-order valence-electron chi connectivity index (χ3n) is 4.95. The highest BCUT2D eigenvalue weighted by atomic mass is 15.0. The van der Waals surface area contributed by atoms with Gasteiger partial charge in [-0.15, -0.1) is 0 Å². The summed E-state index contributed by atoms with van der Waals surface area (Å²) < 4.78 is 2.12. The molecule has 5 nitrogen and oxygen atoms in total. The van der Waals surface area contributed by atoms with Gasteiger partial charge in [0, 0.05) is 35.2 Å². The second-order valence-electron chi connectivity index (χ2n) is 6.43. The van der Waals surface area contributed by atoms with Crippen molar-refractivity contribution in [1.29, 1.82) is 5.26 Å². The zero-order valence-electron chi connectivity index (χ0n) is 13.6. The van der Waals surface area contributed by atoms with Crippen molar-refractivity contribution in [2.24, 2.45) is 12.8 Å². The lowest BCUT2D eigenvalue weighted by molar-refractivity contribution is 0.568. The van der Waals surface area contributed by atoms with Gasteiger partial charge in [0.15, 0.2) is 0 Å². The monoisotopic (exact) mass is 317 g/mol. The lowest BCUT2D eigenvalue weighted by atomic mass is 9.86. The van der Waals surface area contributed by atoms with Gasteiger partial charge in [-0.2, -0.15) is 5.26 Å². The fourth-order valence-corrected chi connectivity index (χ4v) is 3.73. The molecule has 0 saturated heterocycles. The Balaban J connectivity index is 2.08. The summed E-state index contributed by atoms with van der Waals surface area (Å²) in [6, 6.07) is 12.7. The van der Waals surface area contributed by atoms with Crippen molar-refractivity contribution in [2.75, 3.05) is 5.73 Å². The molecule has 2 aromatic heterocycles. The van der Waals surface area contributed by atoms with E-state index in [2.05, 4.69) is 33.8 Å². The highest BCUT2D eigenvalue weighted by Crippen LogP contribution is 2.37. The average molecular weight is 317 g/mol. The van der Waals surface area contributed by atoms with Gasteiger partial charge in [-0.3, -0.25) is 0 Å². The second kappa shape index (κ2) is 5.36. The molecule has 1 aromatic carbocycles. The van der Waals surface area contributed by atoms with E-state index in [1.807, 2.05) is 19.2 Å². The fraction of sp³-hybridized carbons (Fsp3) is 0.263. The van der Waals surface area contributed by atoms with Gasteiger partial charge in [-0.25, -0.2) is 4.98 Å². The van der Waals surface area contributed by atoms with Crippen molar-refractivity contribution in [1.82, 2.24) is 9.55 Å². The summed E-state index contributed by atoms with van der Waals surface area (Å²) in [5.74, 6) is 0.312. The molecule has 3 aromatic rings. The summed E-state index contributed by atoms with van der Waals surface area (Å²) in [5, 5.41) is 10.8. The number of hydrogen-bond acceptors (Lipinski definition) is 4. The van der Waals surface area contributed by atoms with Crippen LogP contribution in [0.5, 0.6) is 0 Å². The largest absolute Gasteiger partial charge is 0.383 e. The van der Waals surface area contributed by atoms with Crippen LogP contribution in [-0.4, -0.2) is 15.6 Å². The zero-order chi connectivity index (χ0) is 16.8. The number of nitrogen functional groups attached to an aromatic ring is 1. The van der Waals surface area contributed by atoms with E-state index < -0.39 is 0 Å². The van der Waals surface area contributed by atoms with E-state index in [0.717, 1.165) is 52.7 Å². The number of anilines is 1. The molecule has 1 aliphatic rings. The van der Waals surface area contributed by atoms with Gasteiger partial charge in [-0.1, -0.05) is 18.2 Å². The maximum atomic E-state index is 9.68. The van der Waals surface area contributed by atoms with Gasteiger partial charge >= 0.3 is 0 Å². The van der Waals surface area contributed by atoms with Crippen LogP contribution in [0.2, 0.25) is 0 Å². The van der Waals surface area contributed by atoms with Crippen molar-refractivity contribution in [3.05, 3.63) is 47.2 Å². The summed E-state index contributed by atoms with van der Waals surface area (Å²) in [7, 11) is 2.02. The first kappa shape index (κ1) is 14.7. The maximum Gasteiger partial charge on any atom is 0.142 e. The van der Waals surface area contributed by atoms with E-state index in [1.54, 1.807) is 0 Å². The molecule has 4 N–H and O–H groups in total. The SMILES string of the molecule is Cn1c(-c2c(C#N)c(N)nc3c2CC(N)CC3)cc2ccccc21. The number of nitriles is 1. The molecule has 120 valence electrons. The highest BCUT2D eigenvalue weighted by Gasteiger charge is 2.26. The number of nitrogens with two attached hydrogens (primary N) is 2. The Bertz CT molecular complexity index is 993. The van der Waals surface area contributed by atoms with Gasteiger partial charge in [0.2, 0.25) is 0 Å². The number of pyridine rings is 1. The first-order valence-corrected chi connectivity index (χ1v) is 8.12. The molecule has 0 radical (unpaired) electrons. The summed E-state index contributed by atoms with van der Waals surface area (Å²) in [6.45, 7) is 0. The normalized spacial score (nSPS) is 16.8. The quantitative estimate of drug-likeness (QED) is 0.721. The van der Waals surface area contributed by atoms with Crippen LogP contribution in [0.4, 0.5) is 5.82 Å². The lowest BCUT2D eigenvalue weighted by Gasteiger charge is -2.25. The molecular formula is C19H19N5. The number of hydrogen-bond donors (Lipinski definition) is 2. The molecule has 0 aliphatic heterocycles. The standard InChI is InChI=1S/C19H19N5/c1-24-16-5-3-2-4-11(16)8-17(24)18-13-9-12(21)6-7-15(13)23-19(22)14(18)10-20/h2-5,8,12H,6-7,9,21H2,1H3,(H2,22,23). The molecule has 0 amide bonds. The van der Waals surface area contributed by atoms with Crippen LogP contribution in [0.1, 0.15) is 23.2 Å². The van der Waals surface area contributed by atoms with Crippen molar-refractivity contribution < 1.29 is 0 Å². The molecule has 24 heavy (non-hydrogen) atoms. The third-order valence-corrected chi connectivity index (χ3v) is 4.95. The van der Waals surface area contributed by atoms with Crippen molar-refractivity contribution in [3.63, 3.8) is 0 Å². The summed E-state index contributed by atoms with van der Waals surface area (Å²) >= 11 is 0. The minimum atomic E-state index is 0.0999. The Morgan fingerprint density at radius 2 is 2.12 bits per heavy atom. The number of aromatic nitrogens is 2. The van der Waals surface area contributed by atoms with E-state index >= 15 is 0 Å². The second-order valence-corrected chi connectivity index (χ2v) is 6.43. The van der Waals surface area contributed by atoms with Crippen molar-refractivity contribution in [3.8, 4) is 17.3 Å². The average Bonchev–Trinajstić information content (AvgIpc) is 2.91. The molecule has 0 spiro atoms. The topological polar surface area (TPSA) is 93.6 Å². The van der Waals surface area contributed by atoms with Crippen LogP contribution < -0.4 is 11.5 Å². The van der Waals surface area contributed by atoms with Gasteiger partial charge in [0.05, 0.1) is 5.69 Å². The number of rotatable bonds is 1. The Morgan fingerprint density at radius 3 is 2.88 bits per heavy atom. The van der Waals surface area contributed by atoms with Gasteiger partial charge in [-0.05, 0) is 37.0 Å². The van der Waals surface area contributed by atoms with Crippen LogP contribution in [0.3, 0.4) is 0 Å². The molecule has 0 saturated carbocycles. The Kier molecular flexibility index (Phi) is 3.29. The lowest BCUT2D eigenvalue weighted by Crippen LogP contribution is -2.29. The third kappa shape index (κ3) is 2.08. The summed E-state index contributed by atoms with van der Waals surface area (Å²) in [4.78, 5) is 4.48. The number of aryl methyl sites for hydroxylation is 2. The van der Waals surface area contributed by atoms with Crippen LogP contribution in [0.25, 0.3) is 22.2 Å². The van der Waals surface area contributed by atoms with Crippen LogP contribution in [0.15, 0.2) is 30.3 Å². The number of para-hydroxylation sites is 1. The summed E-state index contributed by atoms with van der Waals surface area (Å²) in [6.07, 6.45) is 2.44. The molecule has 1 atom stereocenters. The Morgan fingerprint density at radius 1 is 1.33 bits per heavy atom.